The number of thiophene rings is 2. The lowest BCUT2D eigenvalue weighted by Gasteiger charge is -2.26. The van der Waals surface area contributed by atoms with Crippen molar-refractivity contribution in [2.24, 2.45) is 0 Å². The molecule has 0 amide bonds. The highest BCUT2D eigenvalue weighted by Gasteiger charge is 2.24. The van der Waals surface area contributed by atoms with E-state index in [-0.39, 0.29) is 0 Å². The molecule has 0 fully saturated rings. The average molecular weight is 826 g/mol. The summed E-state index contributed by atoms with van der Waals surface area (Å²) in [5.41, 5.74) is 12.1. The molecule has 13 rings (SSSR count). The van der Waals surface area contributed by atoms with E-state index >= 15 is 0 Å². The second kappa shape index (κ2) is 14.0. The number of furan rings is 1. The van der Waals surface area contributed by atoms with Gasteiger partial charge >= 0.3 is 0 Å². The molecule has 0 atom stereocenters. The van der Waals surface area contributed by atoms with Gasteiger partial charge in [-0.3, -0.25) is 0 Å². The maximum absolute atomic E-state index is 7.13. The molecule has 10 aromatic carbocycles. The number of nitrogens with zero attached hydrogens (tertiary/aromatic N) is 1. The van der Waals surface area contributed by atoms with E-state index in [9.17, 15) is 0 Å². The summed E-state index contributed by atoms with van der Waals surface area (Å²) in [6.07, 6.45) is 0. The van der Waals surface area contributed by atoms with E-state index in [4.69, 9.17) is 4.42 Å². The van der Waals surface area contributed by atoms with Crippen LogP contribution in [0.2, 0.25) is 0 Å². The summed E-state index contributed by atoms with van der Waals surface area (Å²) in [6.45, 7) is 0. The SMILES string of the molecule is c1ccc(-c2ccc(N(c3ccc(-c4cccc5c4sc4ccccc45)cc3)c3cccc4oc5c(-c6cccc7c6sc6ccccc67)c6ccccc6cc5c34)cc2)cc1. The van der Waals surface area contributed by atoms with Gasteiger partial charge in [0.05, 0.1) is 11.1 Å². The number of hydrogen-bond acceptors (Lipinski definition) is 4. The Balaban J connectivity index is 1.04. The predicted molar refractivity (Wildman–Crippen MR) is 268 cm³/mol. The van der Waals surface area contributed by atoms with Crippen LogP contribution >= 0.6 is 22.7 Å². The van der Waals surface area contributed by atoms with Crippen LogP contribution in [-0.2, 0) is 0 Å². The molecule has 3 aromatic heterocycles. The number of hydrogen-bond donors (Lipinski definition) is 0. The van der Waals surface area contributed by atoms with Gasteiger partial charge in [-0.15, -0.1) is 22.7 Å². The Bertz CT molecular complexity index is 3860. The van der Waals surface area contributed by atoms with Gasteiger partial charge in [0.1, 0.15) is 11.2 Å². The lowest BCUT2D eigenvalue weighted by atomic mass is 9.94. The third-order valence-corrected chi connectivity index (χ3v) is 14.9. The topological polar surface area (TPSA) is 16.4 Å². The molecule has 13 aromatic rings. The molecular weight excluding hydrogens is 791 g/mol. The molecule has 0 aliphatic heterocycles. The largest absolute Gasteiger partial charge is 0.455 e. The van der Waals surface area contributed by atoms with Crippen molar-refractivity contribution in [2.75, 3.05) is 4.90 Å². The van der Waals surface area contributed by atoms with Crippen LogP contribution in [0.25, 0.3) is 106 Å². The summed E-state index contributed by atoms with van der Waals surface area (Å²) >= 11 is 3.73. The van der Waals surface area contributed by atoms with Crippen molar-refractivity contribution < 1.29 is 4.42 Å². The Morgan fingerprint density at radius 3 is 1.60 bits per heavy atom. The fourth-order valence-corrected chi connectivity index (χ4v) is 12.1. The van der Waals surface area contributed by atoms with Gasteiger partial charge in [0.25, 0.3) is 0 Å². The van der Waals surface area contributed by atoms with E-state index in [1.54, 1.807) is 0 Å². The molecular formula is C58H35NOS2. The number of fused-ring (bicyclic) bond motifs is 10. The van der Waals surface area contributed by atoms with E-state index in [2.05, 4.69) is 217 Å². The fourth-order valence-electron chi connectivity index (χ4n) is 9.63. The van der Waals surface area contributed by atoms with Crippen LogP contribution in [0.4, 0.5) is 17.1 Å². The second-order valence-electron chi connectivity index (χ2n) is 16.0. The zero-order valence-electron chi connectivity index (χ0n) is 33.4. The fraction of sp³-hybridized carbons (Fsp3) is 0. The maximum Gasteiger partial charge on any atom is 0.144 e. The van der Waals surface area contributed by atoms with E-state index in [0.29, 0.717) is 0 Å². The Hall–Kier alpha value is -7.50. The number of anilines is 3. The smallest absolute Gasteiger partial charge is 0.144 e. The van der Waals surface area contributed by atoms with Crippen LogP contribution in [0.3, 0.4) is 0 Å². The summed E-state index contributed by atoms with van der Waals surface area (Å²) in [7, 11) is 0. The first kappa shape index (κ1) is 35.3. The van der Waals surface area contributed by atoms with Gasteiger partial charge < -0.3 is 9.32 Å². The normalized spacial score (nSPS) is 11.9. The minimum atomic E-state index is 0.858. The first-order chi connectivity index (χ1) is 30.7. The Labute approximate surface area is 365 Å². The molecule has 0 unspecified atom stereocenters. The number of benzene rings is 10. The molecule has 4 heteroatoms. The van der Waals surface area contributed by atoms with Crippen LogP contribution in [0.15, 0.2) is 217 Å². The summed E-state index contributed by atoms with van der Waals surface area (Å²) in [5.74, 6) is 0. The van der Waals surface area contributed by atoms with Gasteiger partial charge in [0.2, 0.25) is 0 Å². The van der Waals surface area contributed by atoms with Gasteiger partial charge in [0.15, 0.2) is 0 Å². The van der Waals surface area contributed by atoms with Crippen molar-refractivity contribution in [1.29, 1.82) is 0 Å². The van der Waals surface area contributed by atoms with E-state index in [1.807, 2.05) is 22.7 Å². The van der Waals surface area contributed by atoms with Crippen molar-refractivity contribution in [2.45, 2.75) is 0 Å². The molecule has 0 aliphatic carbocycles. The third-order valence-electron chi connectivity index (χ3n) is 12.5. The molecule has 0 N–H and O–H groups in total. The van der Waals surface area contributed by atoms with E-state index in [0.717, 1.165) is 44.6 Å². The van der Waals surface area contributed by atoms with Crippen LogP contribution in [-0.4, -0.2) is 0 Å². The monoisotopic (exact) mass is 825 g/mol. The summed E-state index contributed by atoms with van der Waals surface area (Å²) < 4.78 is 12.3. The average Bonchev–Trinajstić information content (AvgIpc) is 4.03. The van der Waals surface area contributed by atoms with Crippen LogP contribution in [0.1, 0.15) is 0 Å². The molecule has 290 valence electrons. The van der Waals surface area contributed by atoms with Gasteiger partial charge in [0, 0.05) is 68.2 Å². The minimum absolute atomic E-state index is 0.858. The Kier molecular flexibility index (Phi) is 7.99. The zero-order valence-corrected chi connectivity index (χ0v) is 35.0. The predicted octanol–water partition coefficient (Wildman–Crippen LogP) is 17.9. The third kappa shape index (κ3) is 5.47. The lowest BCUT2D eigenvalue weighted by Crippen LogP contribution is -2.10. The van der Waals surface area contributed by atoms with Crippen molar-refractivity contribution >= 4 is 113 Å². The lowest BCUT2D eigenvalue weighted by molar-refractivity contribution is 0.670. The first-order valence-corrected chi connectivity index (χ1v) is 22.6. The van der Waals surface area contributed by atoms with Crippen molar-refractivity contribution in [3.05, 3.63) is 212 Å². The van der Waals surface area contributed by atoms with Crippen LogP contribution in [0, 0.1) is 0 Å². The highest BCUT2D eigenvalue weighted by Crippen LogP contribution is 2.50. The summed E-state index contributed by atoms with van der Waals surface area (Å²) in [4.78, 5) is 2.40. The summed E-state index contributed by atoms with van der Waals surface area (Å²) in [6, 6.07) is 77.2. The quantitative estimate of drug-likeness (QED) is 0.166. The van der Waals surface area contributed by atoms with Crippen LogP contribution in [0.5, 0.6) is 0 Å². The maximum atomic E-state index is 7.13. The molecule has 3 heterocycles. The molecule has 62 heavy (non-hydrogen) atoms. The molecule has 0 spiro atoms. The molecule has 0 bridgehead atoms. The summed E-state index contributed by atoms with van der Waals surface area (Å²) in [5, 5.41) is 9.74. The van der Waals surface area contributed by atoms with Gasteiger partial charge in [-0.2, -0.15) is 0 Å². The molecule has 0 saturated heterocycles. The highest BCUT2D eigenvalue weighted by atomic mass is 32.1. The molecule has 0 radical (unpaired) electrons. The minimum Gasteiger partial charge on any atom is -0.455 e. The zero-order chi connectivity index (χ0) is 40.7. The van der Waals surface area contributed by atoms with Gasteiger partial charge in [-0.1, -0.05) is 158 Å². The Morgan fingerprint density at radius 1 is 0.371 bits per heavy atom. The van der Waals surface area contributed by atoms with Crippen molar-refractivity contribution in [3.8, 4) is 33.4 Å². The molecule has 0 aliphatic rings. The van der Waals surface area contributed by atoms with Crippen molar-refractivity contribution in [1.82, 2.24) is 0 Å². The van der Waals surface area contributed by atoms with E-state index < -0.39 is 0 Å². The standard InChI is InChI=1S/C58H35NOS2/c1-2-13-36(14-3-1)37-27-31-40(32-28-37)59(41-33-29-38(30-34-41)43-19-10-20-46-44-17-6-8-25-52(44)61-57(43)46)50-23-12-24-51-55(50)49-35-39-15-4-5-16-42(39)54(56(49)60-51)48-22-11-21-47-45-18-7-9-26-53(45)62-58(47)48/h1-35H. The molecule has 2 nitrogen and oxygen atoms in total. The van der Waals surface area contributed by atoms with Gasteiger partial charge in [-0.25, -0.2) is 0 Å². The Morgan fingerprint density at radius 2 is 0.903 bits per heavy atom. The van der Waals surface area contributed by atoms with Crippen molar-refractivity contribution in [3.63, 3.8) is 0 Å². The van der Waals surface area contributed by atoms with Gasteiger partial charge in [-0.05, 0) is 87.6 Å². The second-order valence-corrected chi connectivity index (χ2v) is 18.1. The first-order valence-electron chi connectivity index (χ1n) is 21.0. The van der Waals surface area contributed by atoms with E-state index in [1.165, 1.54) is 78.9 Å². The molecule has 0 saturated carbocycles. The number of rotatable bonds is 6. The van der Waals surface area contributed by atoms with Crippen LogP contribution < -0.4 is 4.90 Å². The highest BCUT2D eigenvalue weighted by molar-refractivity contribution is 7.26.